The summed E-state index contributed by atoms with van der Waals surface area (Å²) in [5.74, 6) is -0.581. The van der Waals surface area contributed by atoms with Crippen molar-refractivity contribution in [2.24, 2.45) is 0 Å². The van der Waals surface area contributed by atoms with E-state index in [4.69, 9.17) is 40.8 Å². The van der Waals surface area contributed by atoms with Crippen molar-refractivity contribution in [2.75, 3.05) is 79.1 Å². The molecule has 0 aromatic rings. The average molecular weight is 769 g/mol. The van der Waals surface area contributed by atoms with Crippen molar-refractivity contribution in [2.45, 2.75) is 92.3 Å². The Balaban J connectivity index is 5.37. The Kier molecular flexibility index (Phi) is 26.3. The molecule has 0 unspecified atom stereocenters. The van der Waals surface area contributed by atoms with Gasteiger partial charge in [-0.1, -0.05) is 13.5 Å². The van der Waals surface area contributed by atoms with Gasteiger partial charge in [-0.15, -0.1) is 0 Å². The molecule has 0 aromatic heterocycles. The van der Waals surface area contributed by atoms with E-state index in [0.29, 0.717) is 64.6 Å². The average Bonchev–Trinajstić information content (AvgIpc) is 3.09. The summed E-state index contributed by atoms with van der Waals surface area (Å²) in [6.07, 6.45) is -0.198. The lowest BCUT2D eigenvalue weighted by Crippen LogP contribution is -2.58. The predicted molar refractivity (Wildman–Crippen MR) is 194 cm³/mol. The minimum Gasteiger partial charge on any atom is -0.460 e. The van der Waals surface area contributed by atoms with Crippen LogP contribution in [0.3, 0.4) is 0 Å². The molecule has 51 heavy (non-hydrogen) atoms. The molecule has 4 N–H and O–H groups in total. The highest BCUT2D eigenvalue weighted by molar-refractivity contribution is 6.61. The number of rotatable bonds is 30. The molecule has 0 spiro atoms. The van der Waals surface area contributed by atoms with Gasteiger partial charge in [0.15, 0.2) is 0 Å². The van der Waals surface area contributed by atoms with Gasteiger partial charge in [0.25, 0.3) is 0 Å². The van der Waals surface area contributed by atoms with E-state index in [2.05, 4.69) is 27.8 Å². The highest BCUT2D eigenvalue weighted by Gasteiger charge is 2.41. The molecule has 0 rings (SSSR count). The molecular weight excluding hydrogens is 705 g/mol. The van der Waals surface area contributed by atoms with Crippen LogP contribution in [0.25, 0.3) is 0 Å². The van der Waals surface area contributed by atoms with Crippen LogP contribution in [0.2, 0.25) is 12.1 Å². The Morgan fingerprint density at radius 2 is 0.980 bits per heavy atom. The first-order valence-electron chi connectivity index (χ1n) is 17.9. The van der Waals surface area contributed by atoms with E-state index in [1.165, 1.54) is 6.92 Å². The second-order valence-corrected chi connectivity index (χ2v) is 16.6. The maximum absolute atomic E-state index is 12.9. The zero-order chi connectivity index (χ0) is 38.6. The molecule has 0 aliphatic heterocycles. The van der Waals surface area contributed by atoms with Crippen molar-refractivity contribution in [3.05, 3.63) is 12.2 Å². The van der Waals surface area contributed by atoms with Gasteiger partial charge >= 0.3 is 41.8 Å². The number of amides is 4. The molecule has 0 bridgehead atoms. The largest absolute Gasteiger partial charge is 0.500 e. The lowest BCUT2D eigenvalue weighted by atomic mass is 9.98. The van der Waals surface area contributed by atoms with Crippen molar-refractivity contribution >= 4 is 41.8 Å². The van der Waals surface area contributed by atoms with Crippen LogP contribution in [0.15, 0.2) is 12.2 Å². The second-order valence-electron chi connectivity index (χ2n) is 11.1. The highest BCUT2D eigenvalue weighted by atomic mass is 28.4. The number of ether oxygens (including phenoxy) is 3. The molecule has 0 fully saturated rings. The molecule has 0 aliphatic rings. The van der Waals surface area contributed by atoms with Crippen LogP contribution in [0.5, 0.6) is 0 Å². The smallest absolute Gasteiger partial charge is 0.460 e. The van der Waals surface area contributed by atoms with Gasteiger partial charge in [0.05, 0.1) is 6.54 Å². The molecule has 17 nitrogen and oxygen atoms in total. The van der Waals surface area contributed by atoms with E-state index < -0.39 is 47.3 Å². The maximum Gasteiger partial charge on any atom is 0.500 e. The van der Waals surface area contributed by atoms with Gasteiger partial charge in [-0.25, -0.2) is 19.2 Å². The Labute approximate surface area is 306 Å². The number of urea groups is 1. The van der Waals surface area contributed by atoms with Crippen LogP contribution in [0, 0.1) is 0 Å². The molecule has 0 atom stereocenters. The van der Waals surface area contributed by atoms with Gasteiger partial charge in [0.1, 0.15) is 25.4 Å². The van der Waals surface area contributed by atoms with Crippen LogP contribution in [0.1, 0.15) is 74.7 Å². The quantitative estimate of drug-likeness (QED) is 0.0270. The molecule has 0 aromatic carbocycles. The van der Waals surface area contributed by atoms with Crippen LogP contribution < -0.4 is 21.3 Å². The summed E-state index contributed by atoms with van der Waals surface area (Å²) in [4.78, 5) is 49.9. The van der Waals surface area contributed by atoms with Crippen LogP contribution in [0.4, 0.5) is 14.4 Å². The third-order valence-electron chi connectivity index (χ3n) is 7.03. The third-order valence-corrected chi connectivity index (χ3v) is 13.3. The van der Waals surface area contributed by atoms with Gasteiger partial charge in [-0.05, 0) is 67.7 Å². The summed E-state index contributed by atoms with van der Waals surface area (Å²) in [5.41, 5.74) is -1.07. The molecule has 298 valence electrons. The number of hydrogen-bond acceptors (Lipinski definition) is 13. The third kappa shape index (κ3) is 20.7. The summed E-state index contributed by atoms with van der Waals surface area (Å²) in [6, 6.07) is 0.352. The van der Waals surface area contributed by atoms with Gasteiger partial charge in [0.2, 0.25) is 0 Å². The summed E-state index contributed by atoms with van der Waals surface area (Å²) in [7, 11) is -5.74. The number of esters is 1. The first-order chi connectivity index (χ1) is 24.3. The first kappa shape index (κ1) is 48.2. The van der Waals surface area contributed by atoms with Crippen LogP contribution in [-0.2, 0) is 45.6 Å². The van der Waals surface area contributed by atoms with Crippen molar-refractivity contribution in [3.63, 3.8) is 0 Å². The standard InChI is InChI=1S/C32H64N4O13Si2/c1-10-32(36-29(38)33-21-22-41-28(37)27(8)9,25-42-30(39)34-19-17-23-50(44-11-2,45-12-3)46-13-4)26-43-31(40)35-20-18-24-51(47-14-5,48-15-6)49-16-7/h8,10-26H2,1-7,9H3,(H,34,39)(H,35,40)(H2,33,36,38). The minimum absolute atomic E-state index is 0.000579. The van der Waals surface area contributed by atoms with E-state index in [1.54, 1.807) is 6.92 Å². The Morgan fingerprint density at radius 1 is 0.588 bits per heavy atom. The first-order valence-corrected chi connectivity index (χ1v) is 21.7. The Bertz CT molecular complexity index is 942. The van der Waals surface area contributed by atoms with Crippen molar-refractivity contribution < 1.29 is 59.9 Å². The van der Waals surface area contributed by atoms with Crippen LogP contribution >= 0.6 is 0 Å². The van der Waals surface area contributed by atoms with Gasteiger partial charge in [0, 0.05) is 70.4 Å². The van der Waals surface area contributed by atoms with Crippen LogP contribution in [-0.4, -0.2) is 126 Å². The van der Waals surface area contributed by atoms with Crippen molar-refractivity contribution in [1.29, 1.82) is 0 Å². The lowest BCUT2D eigenvalue weighted by molar-refractivity contribution is -0.138. The molecule has 0 radical (unpaired) electrons. The number of nitrogens with one attached hydrogen (secondary N) is 4. The van der Waals surface area contributed by atoms with Gasteiger partial charge in [-0.2, -0.15) is 0 Å². The van der Waals surface area contributed by atoms with E-state index >= 15 is 0 Å². The van der Waals surface area contributed by atoms with E-state index in [9.17, 15) is 19.2 Å². The van der Waals surface area contributed by atoms with E-state index in [1.807, 2.05) is 41.5 Å². The minimum atomic E-state index is -2.87. The molecule has 0 saturated heterocycles. The fraction of sp³-hybridized carbons (Fsp3) is 0.812. The fourth-order valence-corrected chi connectivity index (χ4v) is 9.85. The van der Waals surface area contributed by atoms with Gasteiger partial charge in [-0.3, -0.25) is 0 Å². The normalized spacial score (nSPS) is 11.8. The Hall–Kier alpha value is -2.79. The van der Waals surface area contributed by atoms with Crippen molar-refractivity contribution in [1.82, 2.24) is 21.3 Å². The monoisotopic (exact) mass is 768 g/mol. The molecule has 4 amide bonds. The SMILES string of the molecule is C=C(C)C(=O)OCCNC(=O)NC(CC)(COC(=O)NCCC[Si](OCC)(OCC)OCC)COC(=O)NCCC[Si](OCC)(OCC)OCC. The summed E-state index contributed by atoms with van der Waals surface area (Å²) < 4.78 is 51.1. The zero-order valence-corrected chi connectivity index (χ0v) is 34.0. The summed E-state index contributed by atoms with van der Waals surface area (Å²) >= 11 is 0. The summed E-state index contributed by atoms with van der Waals surface area (Å²) in [6.45, 7) is 20.5. The molecular formula is C32H64N4O13Si2. The number of carbonyl (C=O) groups is 4. The molecule has 0 aliphatic carbocycles. The number of alkyl carbamates (subject to hydrolysis) is 2. The van der Waals surface area contributed by atoms with E-state index in [0.717, 1.165) is 0 Å². The maximum atomic E-state index is 12.9. The van der Waals surface area contributed by atoms with Gasteiger partial charge < -0.3 is 62.0 Å². The topological polar surface area (TPSA) is 199 Å². The number of hydrogen-bond donors (Lipinski definition) is 4. The molecule has 0 heterocycles. The van der Waals surface area contributed by atoms with E-state index in [-0.39, 0.29) is 51.4 Å². The highest BCUT2D eigenvalue weighted by Crippen LogP contribution is 2.19. The Morgan fingerprint density at radius 3 is 1.31 bits per heavy atom. The zero-order valence-electron chi connectivity index (χ0n) is 32.0. The molecule has 19 heteroatoms. The van der Waals surface area contributed by atoms with Crippen molar-refractivity contribution in [3.8, 4) is 0 Å². The molecule has 0 saturated carbocycles. The number of carbonyl (C=O) groups excluding carboxylic acids is 4. The lowest BCUT2D eigenvalue weighted by Gasteiger charge is -2.32. The summed E-state index contributed by atoms with van der Waals surface area (Å²) in [5, 5.41) is 10.7. The predicted octanol–water partition coefficient (Wildman–Crippen LogP) is 3.88. The fourth-order valence-electron chi connectivity index (χ4n) is 4.63. The second kappa shape index (κ2) is 27.8.